The summed E-state index contributed by atoms with van der Waals surface area (Å²) in [6.45, 7) is 0. The van der Waals surface area contributed by atoms with Gasteiger partial charge in [0.25, 0.3) is 17.7 Å². The van der Waals surface area contributed by atoms with Crippen molar-refractivity contribution in [1.82, 2.24) is 9.88 Å². The van der Waals surface area contributed by atoms with Crippen molar-refractivity contribution in [3.05, 3.63) is 59.4 Å². The highest BCUT2D eigenvalue weighted by atomic mass is 16.2. The second-order valence-corrected chi connectivity index (χ2v) is 6.73. The van der Waals surface area contributed by atoms with Crippen LogP contribution in [0.4, 0.5) is 5.69 Å². The number of nitrogens with zero attached hydrogens (tertiary/aromatic N) is 2. The fourth-order valence-corrected chi connectivity index (χ4v) is 3.71. The topological polar surface area (TPSA) is 79.4 Å². The fourth-order valence-electron chi connectivity index (χ4n) is 3.71. The van der Waals surface area contributed by atoms with Crippen molar-refractivity contribution in [2.75, 3.05) is 5.32 Å². The highest BCUT2D eigenvalue weighted by Crippen LogP contribution is 2.31. The van der Waals surface area contributed by atoms with Crippen molar-refractivity contribution in [3.63, 3.8) is 0 Å². The summed E-state index contributed by atoms with van der Waals surface area (Å²) in [5.74, 6) is -0.860. The van der Waals surface area contributed by atoms with E-state index in [0.717, 1.165) is 32.1 Å². The van der Waals surface area contributed by atoms with Gasteiger partial charge in [0.2, 0.25) is 0 Å². The predicted molar refractivity (Wildman–Crippen MR) is 96.0 cm³/mol. The van der Waals surface area contributed by atoms with Gasteiger partial charge in [-0.05, 0) is 43.2 Å². The van der Waals surface area contributed by atoms with Crippen molar-refractivity contribution in [2.24, 2.45) is 0 Å². The molecule has 1 aromatic carbocycles. The maximum atomic E-state index is 12.8. The Hall–Kier alpha value is -3.02. The lowest BCUT2D eigenvalue weighted by atomic mass is 9.94. The number of rotatable bonds is 3. The largest absolute Gasteiger partial charge is 0.321 e. The lowest BCUT2D eigenvalue weighted by molar-refractivity contribution is 0.0549. The van der Waals surface area contributed by atoms with Crippen LogP contribution in [0.1, 0.15) is 63.2 Å². The number of fused-ring (bicyclic) bond motifs is 1. The molecule has 1 N–H and O–H groups in total. The van der Waals surface area contributed by atoms with E-state index < -0.39 is 0 Å². The van der Waals surface area contributed by atoms with Gasteiger partial charge < -0.3 is 5.32 Å². The first kappa shape index (κ1) is 16.4. The van der Waals surface area contributed by atoms with E-state index in [1.54, 1.807) is 36.7 Å². The average Bonchev–Trinajstić information content (AvgIpc) is 2.93. The van der Waals surface area contributed by atoms with Gasteiger partial charge in [-0.1, -0.05) is 19.3 Å². The quantitative estimate of drug-likeness (QED) is 0.863. The van der Waals surface area contributed by atoms with E-state index in [0.29, 0.717) is 22.4 Å². The molecule has 0 bridgehead atoms. The zero-order valence-electron chi connectivity index (χ0n) is 14.3. The van der Waals surface area contributed by atoms with Crippen molar-refractivity contribution in [2.45, 2.75) is 38.1 Å². The van der Waals surface area contributed by atoms with Gasteiger partial charge in [-0.25, -0.2) is 0 Å². The van der Waals surface area contributed by atoms with Gasteiger partial charge in [0.05, 0.1) is 23.0 Å². The zero-order chi connectivity index (χ0) is 18.1. The molecule has 1 saturated carbocycles. The number of aromatic nitrogens is 1. The van der Waals surface area contributed by atoms with E-state index in [9.17, 15) is 14.4 Å². The first-order chi connectivity index (χ1) is 12.6. The Balaban J connectivity index is 1.58. The van der Waals surface area contributed by atoms with Crippen LogP contribution in [0.5, 0.6) is 0 Å². The summed E-state index contributed by atoms with van der Waals surface area (Å²) in [7, 11) is 0. The molecule has 4 rings (SSSR count). The number of hydrogen-bond donors (Lipinski definition) is 1. The van der Waals surface area contributed by atoms with E-state index in [2.05, 4.69) is 10.3 Å². The molecule has 1 aliphatic carbocycles. The molecule has 2 heterocycles. The van der Waals surface area contributed by atoms with E-state index in [1.807, 2.05) is 0 Å². The van der Waals surface area contributed by atoms with E-state index in [4.69, 9.17) is 0 Å². The molecule has 2 aromatic rings. The molecule has 3 amide bonds. The van der Waals surface area contributed by atoms with Gasteiger partial charge in [-0.15, -0.1) is 0 Å². The highest BCUT2D eigenvalue weighted by Gasteiger charge is 2.40. The molecule has 26 heavy (non-hydrogen) atoms. The summed E-state index contributed by atoms with van der Waals surface area (Å²) in [6, 6.07) is 8.12. The first-order valence-electron chi connectivity index (χ1n) is 8.88. The average molecular weight is 349 g/mol. The van der Waals surface area contributed by atoms with E-state index in [1.165, 1.54) is 11.0 Å². The molecule has 132 valence electrons. The molecule has 0 atom stereocenters. The minimum Gasteiger partial charge on any atom is -0.321 e. The highest BCUT2D eigenvalue weighted by molar-refractivity contribution is 6.22. The first-order valence-corrected chi connectivity index (χ1v) is 8.88. The number of imide groups is 1. The Morgan fingerprint density at radius 1 is 1.04 bits per heavy atom. The van der Waals surface area contributed by atoms with Crippen LogP contribution in [-0.4, -0.2) is 33.6 Å². The Morgan fingerprint density at radius 3 is 2.54 bits per heavy atom. The molecule has 6 heteroatoms. The van der Waals surface area contributed by atoms with Crippen molar-refractivity contribution >= 4 is 23.4 Å². The van der Waals surface area contributed by atoms with Crippen molar-refractivity contribution in [1.29, 1.82) is 0 Å². The molecule has 6 nitrogen and oxygen atoms in total. The number of pyridine rings is 1. The fraction of sp³-hybridized carbons (Fsp3) is 0.300. The lowest BCUT2D eigenvalue weighted by Gasteiger charge is -2.29. The Morgan fingerprint density at radius 2 is 1.81 bits per heavy atom. The van der Waals surface area contributed by atoms with Crippen LogP contribution < -0.4 is 5.32 Å². The molecule has 1 fully saturated rings. The zero-order valence-corrected chi connectivity index (χ0v) is 14.3. The Bertz CT molecular complexity index is 873. The number of amides is 3. The van der Waals surface area contributed by atoms with Gasteiger partial charge in [0.1, 0.15) is 0 Å². The molecule has 0 radical (unpaired) electrons. The number of carbonyl (C=O) groups is 3. The van der Waals surface area contributed by atoms with Crippen LogP contribution in [0.2, 0.25) is 0 Å². The van der Waals surface area contributed by atoms with Crippen LogP contribution in [0.3, 0.4) is 0 Å². The predicted octanol–water partition coefficient (Wildman–Crippen LogP) is 3.26. The molecule has 0 unspecified atom stereocenters. The second kappa shape index (κ2) is 6.71. The van der Waals surface area contributed by atoms with Gasteiger partial charge in [0, 0.05) is 17.8 Å². The minimum atomic E-state index is -0.336. The number of hydrogen-bond acceptors (Lipinski definition) is 4. The number of anilines is 1. The summed E-state index contributed by atoms with van der Waals surface area (Å²) in [5.41, 5.74) is 1.63. The third-order valence-electron chi connectivity index (χ3n) is 5.04. The van der Waals surface area contributed by atoms with Crippen LogP contribution >= 0.6 is 0 Å². The molecule has 1 aliphatic heterocycles. The van der Waals surface area contributed by atoms with Crippen LogP contribution in [0, 0.1) is 0 Å². The second-order valence-electron chi connectivity index (χ2n) is 6.73. The molecule has 1 aromatic heterocycles. The summed E-state index contributed by atoms with van der Waals surface area (Å²) >= 11 is 0. The maximum absolute atomic E-state index is 12.8. The van der Waals surface area contributed by atoms with E-state index in [-0.39, 0.29) is 23.8 Å². The van der Waals surface area contributed by atoms with Crippen LogP contribution in [0.25, 0.3) is 0 Å². The number of nitrogens with one attached hydrogen (secondary N) is 1. The Kier molecular flexibility index (Phi) is 4.24. The molecule has 0 saturated heterocycles. The third-order valence-corrected chi connectivity index (χ3v) is 5.04. The molecular formula is C20H19N3O3. The standard InChI is InChI=1S/C20H19N3O3/c24-18(22-14-5-4-10-21-12-14)13-8-9-16-17(11-13)20(26)23(19(16)25)15-6-2-1-3-7-15/h4-5,8-12,15H,1-3,6-7H2,(H,22,24). The molecular weight excluding hydrogens is 330 g/mol. The van der Waals surface area contributed by atoms with Gasteiger partial charge in [-0.3, -0.25) is 24.3 Å². The van der Waals surface area contributed by atoms with Crippen molar-refractivity contribution in [3.8, 4) is 0 Å². The summed E-state index contributed by atoms with van der Waals surface area (Å²) in [6.07, 6.45) is 8.12. The number of benzene rings is 1. The Labute approximate surface area is 151 Å². The molecule has 2 aliphatic rings. The lowest BCUT2D eigenvalue weighted by Crippen LogP contribution is -2.40. The smallest absolute Gasteiger partial charge is 0.261 e. The number of carbonyl (C=O) groups excluding carboxylic acids is 3. The van der Waals surface area contributed by atoms with Gasteiger partial charge >= 0.3 is 0 Å². The summed E-state index contributed by atoms with van der Waals surface area (Å²) < 4.78 is 0. The van der Waals surface area contributed by atoms with Gasteiger partial charge in [0.15, 0.2) is 0 Å². The third kappa shape index (κ3) is 2.87. The SMILES string of the molecule is O=C(Nc1cccnc1)c1ccc2c(c1)C(=O)N(C1CCCCC1)C2=O. The maximum Gasteiger partial charge on any atom is 0.261 e. The van der Waals surface area contributed by atoms with Gasteiger partial charge in [-0.2, -0.15) is 0 Å². The van der Waals surface area contributed by atoms with E-state index >= 15 is 0 Å². The monoisotopic (exact) mass is 349 g/mol. The minimum absolute atomic E-state index is 0.0242. The summed E-state index contributed by atoms with van der Waals surface area (Å²) in [4.78, 5) is 43.3. The van der Waals surface area contributed by atoms with Crippen LogP contribution in [0.15, 0.2) is 42.7 Å². The summed E-state index contributed by atoms with van der Waals surface area (Å²) in [5, 5.41) is 2.74. The molecule has 0 spiro atoms. The van der Waals surface area contributed by atoms with Crippen molar-refractivity contribution < 1.29 is 14.4 Å². The van der Waals surface area contributed by atoms with Crippen LogP contribution in [-0.2, 0) is 0 Å². The normalized spacial score (nSPS) is 17.3.